The van der Waals surface area contributed by atoms with Crippen LogP contribution >= 0.6 is 0 Å². The molecule has 0 unspecified atom stereocenters. The fourth-order valence-electron chi connectivity index (χ4n) is 2.21. The summed E-state index contributed by atoms with van der Waals surface area (Å²) in [5.41, 5.74) is 1.60. The number of carboxylic acids is 1. The molecule has 26 heavy (non-hydrogen) atoms. The van der Waals surface area contributed by atoms with Crippen molar-refractivity contribution in [1.82, 2.24) is 9.97 Å². The molecule has 3 aromatic rings. The highest BCUT2D eigenvalue weighted by atomic mass is 19.1. The van der Waals surface area contributed by atoms with E-state index in [1.54, 1.807) is 30.3 Å². The zero-order valence-electron chi connectivity index (χ0n) is 13.4. The van der Waals surface area contributed by atoms with Crippen LogP contribution in [0.2, 0.25) is 0 Å². The van der Waals surface area contributed by atoms with Gasteiger partial charge in [0.2, 0.25) is 0 Å². The largest absolute Gasteiger partial charge is 0.488 e. The summed E-state index contributed by atoms with van der Waals surface area (Å²) in [6.45, 7) is 0.193. The van der Waals surface area contributed by atoms with Crippen LogP contribution in [0.15, 0.2) is 54.9 Å². The Balaban J connectivity index is 1.80. The number of ether oxygens (including phenoxy) is 1. The molecule has 0 bridgehead atoms. The Labute approximate surface area is 148 Å². The summed E-state index contributed by atoms with van der Waals surface area (Å²) >= 11 is 0. The van der Waals surface area contributed by atoms with Crippen LogP contribution in [0, 0.1) is 17.1 Å². The Morgan fingerprint density at radius 1 is 1.15 bits per heavy atom. The lowest BCUT2D eigenvalue weighted by Crippen LogP contribution is -2.00. The molecule has 0 fully saturated rings. The monoisotopic (exact) mass is 349 g/mol. The smallest absolute Gasteiger partial charge is 0.338 e. The number of carbonyl (C=O) groups is 1. The first-order valence-corrected chi connectivity index (χ1v) is 7.54. The Morgan fingerprint density at radius 3 is 2.46 bits per heavy atom. The molecule has 1 aromatic heterocycles. The van der Waals surface area contributed by atoms with Crippen LogP contribution in [0.1, 0.15) is 21.5 Å². The normalized spacial score (nSPS) is 10.2. The van der Waals surface area contributed by atoms with Crippen LogP contribution in [0.3, 0.4) is 0 Å². The molecule has 0 amide bonds. The van der Waals surface area contributed by atoms with Crippen molar-refractivity contribution in [3.63, 3.8) is 0 Å². The van der Waals surface area contributed by atoms with Gasteiger partial charge >= 0.3 is 5.97 Å². The zero-order valence-corrected chi connectivity index (χ0v) is 13.4. The van der Waals surface area contributed by atoms with Gasteiger partial charge in [-0.05, 0) is 35.9 Å². The number of halogens is 1. The second-order valence-electron chi connectivity index (χ2n) is 5.34. The van der Waals surface area contributed by atoms with Crippen LogP contribution in [0.5, 0.6) is 5.75 Å². The van der Waals surface area contributed by atoms with E-state index >= 15 is 0 Å². The summed E-state index contributed by atoms with van der Waals surface area (Å²) in [4.78, 5) is 18.8. The minimum absolute atomic E-state index is 0.0199. The summed E-state index contributed by atoms with van der Waals surface area (Å²) in [5.74, 6) is -0.761. The number of carboxylic acid groups (broad SMARTS) is 1. The molecular weight excluding hydrogens is 337 g/mol. The summed E-state index contributed by atoms with van der Waals surface area (Å²) in [6.07, 6.45) is 2.41. The number of aromatic carboxylic acids is 1. The van der Waals surface area contributed by atoms with Gasteiger partial charge in [-0.1, -0.05) is 12.1 Å². The third-order valence-corrected chi connectivity index (χ3v) is 3.56. The molecule has 0 aliphatic carbocycles. The van der Waals surface area contributed by atoms with Crippen LogP contribution in [0.25, 0.3) is 11.4 Å². The third kappa shape index (κ3) is 3.82. The molecule has 0 aliphatic rings. The van der Waals surface area contributed by atoms with Crippen molar-refractivity contribution in [2.24, 2.45) is 0 Å². The predicted molar refractivity (Wildman–Crippen MR) is 89.9 cm³/mol. The number of rotatable bonds is 5. The second kappa shape index (κ2) is 7.40. The molecule has 0 atom stereocenters. The number of hydrogen-bond acceptors (Lipinski definition) is 5. The van der Waals surface area contributed by atoms with Gasteiger partial charge in [-0.15, -0.1) is 0 Å². The highest BCUT2D eigenvalue weighted by Crippen LogP contribution is 2.25. The first-order chi connectivity index (χ1) is 12.6. The molecule has 3 rings (SSSR count). The molecule has 1 N–H and O–H groups in total. The Hall–Kier alpha value is -3.79. The molecular formula is C19H12FN3O3. The molecule has 0 spiro atoms. The zero-order chi connectivity index (χ0) is 18.5. The molecule has 128 valence electrons. The highest BCUT2D eigenvalue weighted by Gasteiger charge is 2.10. The minimum atomic E-state index is -1.11. The summed E-state index contributed by atoms with van der Waals surface area (Å²) in [7, 11) is 0. The Kier molecular flexibility index (Phi) is 4.85. The molecule has 7 heteroatoms. The maximum atomic E-state index is 12.9. The first-order valence-electron chi connectivity index (χ1n) is 7.54. The van der Waals surface area contributed by atoms with E-state index in [0.717, 1.165) is 5.56 Å². The fraction of sp³-hybridized carbons (Fsp3) is 0.0526. The maximum Gasteiger partial charge on any atom is 0.338 e. The number of nitrogens with zero attached hydrogens (tertiary/aromatic N) is 3. The summed E-state index contributed by atoms with van der Waals surface area (Å²) in [5, 5.41) is 18.2. The quantitative estimate of drug-likeness (QED) is 0.758. The van der Waals surface area contributed by atoms with E-state index in [-0.39, 0.29) is 23.6 Å². The lowest BCUT2D eigenvalue weighted by atomic mass is 10.1. The van der Waals surface area contributed by atoms with E-state index in [9.17, 15) is 14.4 Å². The lowest BCUT2D eigenvalue weighted by Gasteiger charge is -2.09. The van der Waals surface area contributed by atoms with Gasteiger partial charge in [-0.3, -0.25) is 0 Å². The average molecular weight is 349 g/mol. The number of nitriles is 1. The number of aromatic nitrogens is 2. The van der Waals surface area contributed by atoms with Gasteiger partial charge in [0, 0.05) is 18.0 Å². The Bertz CT molecular complexity index is 980. The van der Waals surface area contributed by atoms with E-state index in [2.05, 4.69) is 9.97 Å². The van der Waals surface area contributed by atoms with E-state index < -0.39 is 5.97 Å². The highest BCUT2D eigenvalue weighted by molar-refractivity contribution is 5.86. The third-order valence-electron chi connectivity index (χ3n) is 3.56. The van der Waals surface area contributed by atoms with Gasteiger partial charge in [-0.2, -0.15) is 5.26 Å². The molecule has 0 saturated carbocycles. The van der Waals surface area contributed by atoms with Crippen molar-refractivity contribution in [1.29, 1.82) is 5.26 Å². The van der Waals surface area contributed by atoms with Crippen LogP contribution in [-0.4, -0.2) is 21.0 Å². The van der Waals surface area contributed by atoms with Gasteiger partial charge < -0.3 is 9.84 Å². The van der Waals surface area contributed by atoms with Crippen molar-refractivity contribution in [3.8, 4) is 23.2 Å². The van der Waals surface area contributed by atoms with Crippen LogP contribution in [0.4, 0.5) is 4.39 Å². The topological polar surface area (TPSA) is 96.1 Å². The van der Waals surface area contributed by atoms with E-state index in [1.165, 1.54) is 24.5 Å². The van der Waals surface area contributed by atoms with Gasteiger partial charge in [0.15, 0.2) is 5.82 Å². The summed E-state index contributed by atoms with van der Waals surface area (Å²) in [6, 6.07) is 12.8. The minimum Gasteiger partial charge on any atom is -0.488 e. The van der Waals surface area contributed by atoms with Gasteiger partial charge in [0.25, 0.3) is 0 Å². The molecule has 0 aliphatic heterocycles. The van der Waals surface area contributed by atoms with Crippen molar-refractivity contribution >= 4 is 5.97 Å². The van der Waals surface area contributed by atoms with Gasteiger partial charge in [0.05, 0.1) is 11.1 Å². The molecule has 2 aromatic carbocycles. The summed E-state index contributed by atoms with van der Waals surface area (Å²) < 4.78 is 18.5. The SMILES string of the molecule is N#Cc1cc(-c2ncc(C(=O)O)cn2)ccc1OCc1ccc(F)cc1. The van der Waals surface area contributed by atoms with Crippen LogP contribution < -0.4 is 4.74 Å². The van der Waals surface area contributed by atoms with Crippen molar-refractivity contribution in [2.75, 3.05) is 0 Å². The Morgan fingerprint density at radius 2 is 1.85 bits per heavy atom. The molecule has 6 nitrogen and oxygen atoms in total. The number of hydrogen-bond donors (Lipinski definition) is 1. The van der Waals surface area contributed by atoms with E-state index in [0.29, 0.717) is 17.1 Å². The van der Waals surface area contributed by atoms with Crippen molar-refractivity contribution in [3.05, 3.63) is 77.4 Å². The average Bonchev–Trinajstić information content (AvgIpc) is 2.67. The van der Waals surface area contributed by atoms with Gasteiger partial charge in [-0.25, -0.2) is 19.2 Å². The molecule has 1 heterocycles. The van der Waals surface area contributed by atoms with Crippen molar-refractivity contribution < 1.29 is 19.0 Å². The second-order valence-corrected chi connectivity index (χ2v) is 5.34. The fourth-order valence-corrected chi connectivity index (χ4v) is 2.21. The standard InChI is InChI=1S/C19H12FN3O3/c20-16-4-1-12(2-5-16)11-26-17-6-3-13(7-14(17)8-21)18-22-9-15(10-23-18)19(24)25/h1-7,9-10H,11H2,(H,24,25). The van der Waals surface area contributed by atoms with Crippen LogP contribution in [-0.2, 0) is 6.61 Å². The van der Waals surface area contributed by atoms with Gasteiger partial charge in [0.1, 0.15) is 24.2 Å². The number of benzene rings is 2. The first kappa shape index (κ1) is 17.0. The molecule has 0 saturated heterocycles. The maximum absolute atomic E-state index is 12.9. The van der Waals surface area contributed by atoms with E-state index in [4.69, 9.17) is 9.84 Å². The van der Waals surface area contributed by atoms with E-state index in [1.807, 2.05) is 6.07 Å². The lowest BCUT2D eigenvalue weighted by molar-refractivity contribution is 0.0696. The van der Waals surface area contributed by atoms with Crippen molar-refractivity contribution in [2.45, 2.75) is 6.61 Å². The molecule has 0 radical (unpaired) electrons. The predicted octanol–water partition coefficient (Wildman–Crippen LogP) is 3.43.